The lowest BCUT2D eigenvalue weighted by atomic mass is 9.82. The van der Waals surface area contributed by atoms with E-state index in [0.717, 1.165) is 0 Å². The highest BCUT2D eigenvalue weighted by Crippen LogP contribution is 2.28. The van der Waals surface area contributed by atoms with Gasteiger partial charge in [0.15, 0.2) is 0 Å². The van der Waals surface area contributed by atoms with E-state index in [2.05, 4.69) is 10.3 Å². The molecular formula is C9H15NO4. The molecule has 0 aromatic heterocycles. The standard InChI is InChI=1S/C9H15NO4/c1-14-10-8(11)6-2-4-7(5-3-6)9(12)13/h6-7H,2-5H2,1H3,(H,10,11)(H,12,13). The Labute approximate surface area is 82.4 Å². The van der Waals surface area contributed by atoms with Crippen LogP contribution in [0.1, 0.15) is 25.7 Å². The van der Waals surface area contributed by atoms with Crippen molar-refractivity contribution < 1.29 is 19.5 Å². The molecule has 1 aliphatic rings. The number of hydrogen-bond acceptors (Lipinski definition) is 3. The van der Waals surface area contributed by atoms with Crippen LogP contribution in [0.2, 0.25) is 0 Å². The first-order valence-corrected chi connectivity index (χ1v) is 4.70. The molecule has 0 atom stereocenters. The quantitative estimate of drug-likeness (QED) is 0.654. The van der Waals surface area contributed by atoms with E-state index in [1.54, 1.807) is 0 Å². The van der Waals surface area contributed by atoms with Gasteiger partial charge in [0, 0.05) is 5.92 Å². The minimum atomic E-state index is -0.754. The summed E-state index contributed by atoms with van der Waals surface area (Å²) < 4.78 is 0. The van der Waals surface area contributed by atoms with Gasteiger partial charge in [-0.1, -0.05) is 0 Å². The molecule has 1 amide bonds. The number of carboxylic acids is 1. The molecule has 0 aliphatic heterocycles. The molecule has 2 N–H and O–H groups in total. The Morgan fingerprint density at radius 1 is 1.21 bits per heavy atom. The van der Waals surface area contributed by atoms with E-state index < -0.39 is 5.97 Å². The molecule has 0 unspecified atom stereocenters. The van der Waals surface area contributed by atoms with Crippen LogP contribution in [-0.4, -0.2) is 24.1 Å². The fraction of sp³-hybridized carbons (Fsp3) is 0.778. The Morgan fingerprint density at radius 3 is 2.14 bits per heavy atom. The van der Waals surface area contributed by atoms with Crippen molar-refractivity contribution in [1.29, 1.82) is 0 Å². The zero-order chi connectivity index (χ0) is 10.6. The molecule has 1 rings (SSSR count). The van der Waals surface area contributed by atoms with E-state index in [1.807, 2.05) is 0 Å². The Hall–Kier alpha value is -1.10. The second-order valence-corrected chi connectivity index (χ2v) is 3.56. The van der Waals surface area contributed by atoms with Crippen LogP contribution < -0.4 is 5.48 Å². The highest BCUT2D eigenvalue weighted by molar-refractivity contribution is 5.78. The Bertz CT molecular complexity index is 221. The molecule has 0 spiro atoms. The van der Waals surface area contributed by atoms with Crippen molar-refractivity contribution in [2.24, 2.45) is 11.8 Å². The molecule has 0 aromatic rings. The van der Waals surface area contributed by atoms with Gasteiger partial charge >= 0.3 is 5.97 Å². The zero-order valence-corrected chi connectivity index (χ0v) is 8.16. The van der Waals surface area contributed by atoms with Gasteiger partial charge in [-0.25, -0.2) is 5.48 Å². The van der Waals surface area contributed by atoms with Crippen molar-refractivity contribution in [3.63, 3.8) is 0 Å². The lowest BCUT2D eigenvalue weighted by Gasteiger charge is -2.24. The van der Waals surface area contributed by atoms with Gasteiger partial charge < -0.3 is 5.11 Å². The second kappa shape index (κ2) is 4.95. The minimum Gasteiger partial charge on any atom is -0.481 e. The minimum absolute atomic E-state index is 0.0921. The van der Waals surface area contributed by atoms with Gasteiger partial charge in [-0.3, -0.25) is 14.4 Å². The maximum absolute atomic E-state index is 11.3. The first kappa shape index (κ1) is 11.0. The van der Waals surface area contributed by atoms with Crippen molar-refractivity contribution in [2.45, 2.75) is 25.7 Å². The van der Waals surface area contributed by atoms with Crippen LogP contribution in [0.3, 0.4) is 0 Å². The number of amides is 1. The van der Waals surface area contributed by atoms with Crippen molar-refractivity contribution in [3.05, 3.63) is 0 Å². The normalized spacial score (nSPS) is 26.9. The van der Waals surface area contributed by atoms with Crippen LogP contribution in [0.4, 0.5) is 0 Å². The molecule has 0 aromatic carbocycles. The molecular weight excluding hydrogens is 186 g/mol. The van der Waals surface area contributed by atoms with E-state index in [-0.39, 0.29) is 17.7 Å². The van der Waals surface area contributed by atoms with Gasteiger partial charge in [-0.05, 0) is 25.7 Å². The summed E-state index contributed by atoms with van der Waals surface area (Å²) in [6.45, 7) is 0. The van der Waals surface area contributed by atoms with Crippen LogP contribution >= 0.6 is 0 Å². The molecule has 80 valence electrons. The lowest BCUT2D eigenvalue weighted by molar-refractivity contribution is -0.145. The van der Waals surface area contributed by atoms with Gasteiger partial charge in [-0.2, -0.15) is 0 Å². The number of hydroxylamine groups is 1. The van der Waals surface area contributed by atoms with Gasteiger partial charge in [0.1, 0.15) is 0 Å². The summed E-state index contributed by atoms with van der Waals surface area (Å²) in [7, 11) is 1.39. The van der Waals surface area contributed by atoms with Gasteiger partial charge in [0.2, 0.25) is 5.91 Å². The first-order chi connectivity index (χ1) is 6.65. The molecule has 0 heterocycles. The average Bonchev–Trinajstić information content (AvgIpc) is 2.18. The molecule has 1 saturated carbocycles. The van der Waals surface area contributed by atoms with Crippen LogP contribution in [0.15, 0.2) is 0 Å². The third-order valence-electron chi connectivity index (χ3n) is 2.65. The number of carboxylic acid groups (broad SMARTS) is 1. The Morgan fingerprint density at radius 2 is 1.71 bits per heavy atom. The molecule has 0 saturated heterocycles. The number of hydrogen-bond donors (Lipinski definition) is 2. The average molecular weight is 201 g/mol. The Balaban J connectivity index is 2.35. The molecule has 5 heteroatoms. The molecule has 1 aliphatic carbocycles. The SMILES string of the molecule is CONC(=O)C1CCC(C(=O)O)CC1. The smallest absolute Gasteiger partial charge is 0.306 e. The fourth-order valence-electron chi connectivity index (χ4n) is 1.79. The van der Waals surface area contributed by atoms with Crippen LogP contribution in [-0.2, 0) is 14.4 Å². The summed E-state index contributed by atoms with van der Waals surface area (Å²) in [6, 6.07) is 0. The molecule has 5 nitrogen and oxygen atoms in total. The van der Waals surface area contributed by atoms with E-state index >= 15 is 0 Å². The number of carbonyl (C=O) groups excluding carboxylic acids is 1. The number of nitrogens with one attached hydrogen (secondary N) is 1. The van der Waals surface area contributed by atoms with E-state index in [1.165, 1.54) is 7.11 Å². The highest BCUT2D eigenvalue weighted by atomic mass is 16.6. The third-order valence-corrected chi connectivity index (χ3v) is 2.65. The number of carbonyl (C=O) groups is 2. The van der Waals surface area contributed by atoms with Gasteiger partial charge in [-0.15, -0.1) is 0 Å². The topological polar surface area (TPSA) is 75.6 Å². The van der Waals surface area contributed by atoms with Crippen LogP contribution in [0.25, 0.3) is 0 Å². The van der Waals surface area contributed by atoms with Crippen molar-refractivity contribution >= 4 is 11.9 Å². The van der Waals surface area contributed by atoms with Crippen molar-refractivity contribution in [3.8, 4) is 0 Å². The summed E-state index contributed by atoms with van der Waals surface area (Å²) in [5.41, 5.74) is 2.27. The van der Waals surface area contributed by atoms with Crippen LogP contribution in [0.5, 0.6) is 0 Å². The summed E-state index contributed by atoms with van der Waals surface area (Å²) in [5, 5.41) is 8.74. The van der Waals surface area contributed by atoms with Crippen molar-refractivity contribution in [1.82, 2.24) is 5.48 Å². The van der Waals surface area contributed by atoms with E-state index in [0.29, 0.717) is 25.7 Å². The maximum atomic E-state index is 11.3. The molecule has 0 radical (unpaired) electrons. The van der Waals surface area contributed by atoms with Gasteiger partial charge in [0.25, 0.3) is 0 Å². The number of rotatable bonds is 3. The van der Waals surface area contributed by atoms with Crippen molar-refractivity contribution in [2.75, 3.05) is 7.11 Å². The molecule has 14 heavy (non-hydrogen) atoms. The first-order valence-electron chi connectivity index (χ1n) is 4.70. The fourth-order valence-corrected chi connectivity index (χ4v) is 1.79. The summed E-state index contributed by atoms with van der Waals surface area (Å²) >= 11 is 0. The summed E-state index contributed by atoms with van der Waals surface area (Å²) in [6.07, 6.45) is 2.42. The molecule has 0 bridgehead atoms. The summed E-state index contributed by atoms with van der Waals surface area (Å²) in [4.78, 5) is 26.4. The highest BCUT2D eigenvalue weighted by Gasteiger charge is 2.29. The third kappa shape index (κ3) is 2.70. The van der Waals surface area contributed by atoms with Crippen LogP contribution in [0, 0.1) is 11.8 Å². The predicted octanol–water partition coefficient (Wildman–Crippen LogP) is 0.555. The summed E-state index contributed by atoms with van der Waals surface area (Å²) in [5.74, 6) is -1.26. The van der Waals surface area contributed by atoms with E-state index in [9.17, 15) is 9.59 Å². The monoisotopic (exact) mass is 201 g/mol. The van der Waals surface area contributed by atoms with E-state index in [4.69, 9.17) is 5.11 Å². The Kier molecular flexibility index (Phi) is 3.88. The molecule has 1 fully saturated rings. The predicted molar refractivity (Wildman–Crippen MR) is 48.2 cm³/mol. The van der Waals surface area contributed by atoms with Gasteiger partial charge in [0.05, 0.1) is 13.0 Å². The maximum Gasteiger partial charge on any atom is 0.306 e. The lowest BCUT2D eigenvalue weighted by Crippen LogP contribution is -2.33. The number of aliphatic carboxylic acids is 1. The second-order valence-electron chi connectivity index (χ2n) is 3.56. The zero-order valence-electron chi connectivity index (χ0n) is 8.16. The largest absolute Gasteiger partial charge is 0.481 e.